The van der Waals surface area contributed by atoms with E-state index in [9.17, 15) is 4.79 Å². The lowest BCUT2D eigenvalue weighted by Crippen LogP contribution is -1.91. The van der Waals surface area contributed by atoms with E-state index in [1.54, 1.807) is 0 Å². The van der Waals surface area contributed by atoms with Crippen LogP contribution in [0.5, 0.6) is 0 Å². The van der Waals surface area contributed by atoms with Crippen molar-refractivity contribution in [2.45, 2.75) is 33.1 Å². The van der Waals surface area contributed by atoms with Gasteiger partial charge in [0.1, 0.15) is 0 Å². The number of carbonyl (C=O) groups is 1. The summed E-state index contributed by atoms with van der Waals surface area (Å²) in [4.78, 5) is 10.9. The fourth-order valence-electron chi connectivity index (χ4n) is 1.44. The maximum Gasteiger partial charge on any atom is 0.155 e. The van der Waals surface area contributed by atoms with Crippen LogP contribution in [0.3, 0.4) is 0 Å². The molecule has 0 aliphatic heterocycles. The lowest BCUT2D eigenvalue weighted by molar-refractivity contribution is -0.114. The van der Waals surface area contributed by atoms with E-state index in [0.717, 1.165) is 19.3 Å². The molecule has 1 aliphatic carbocycles. The molecular formula is C11H16O. The van der Waals surface area contributed by atoms with E-state index < -0.39 is 0 Å². The highest BCUT2D eigenvalue weighted by Crippen LogP contribution is 2.23. The minimum atomic E-state index is 0.293. The van der Waals surface area contributed by atoms with Crippen LogP contribution in [0.1, 0.15) is 33.1 Å². The van der Waals surface area contributed by atoms with Crippen molar-refractivity contribution >= 4 is 5.78 Å². The number of hydrogen-bond donors (Lipinski definition) is 0. The van der Waals surface area contributed by atoms with Crippen LogP contribution in [0.2, 0.25) is 0 Å². The van der Waals surface area contributed by atoms with Gasteiger partial charge < -0.3 is 0 Å². The summed E-state index contributed by atoms with van der Waals surface area (Å²) < 4.78 is 0. The van der Waals surface area contributed by atoms with E-state index >= 15 is 0 Å². The molecule has 1 nitrogen and oxygen atoms in total. The number of hydrogen-bond acceptors (Lipinski definition) is 1. The molecule has 0 saturated heterocycles. The van der Waals surface area contributed by atoms with Crippen molar-refractivity contribution in [1.29, 1.82) is 0 Å². The van der Waals surface area contributed by atoms with E-state index in [1.165, 1.54) is 5.57 Å². The Hall–Kier alpha value is -0.850. The first-order valence-electron chi connectivity index (χ1n) is 4.64. The topological polar surface area (TPSA) is 17.1 Å². The van der Waals surface area contributed by atoms with Gasteiger partial charge in [-0.3, -0.25) is 4.79 Å². The molecule has 0 aromatic carbocycles. The number of allylic oxidation sites excluding steroid dienone is 4. The average molecular weight is 164 g/mol. The van der Waals surface area contributed by atoms with Crippen LogP contribution in [-0.4, -0.2) is 5.78 Å². The Kier molecular flexibility index (Phi) is 3.27. The fraction of sp³-hybridized carbons (Fsp3) is 0.545. The summed E-state index contributed by atoms with van der Waals surface area (Å²) in [5.41, 5.74) is 1.30. The van der Waals surface area contributed by atoms with Crippen LogP contribution in [0.25, 0.3) is 0 Å². The van der Waals surface area contributed by atoms with Gasteiger partial charge in [0.2, 0.25) is 0 Å². The zero-order chi connectivity index (χ0) is 8.97. The van der Waals surface area contributed by atoms with Gasteiger partial charge >= 0.3 is 0 Å². The molecule has 0 bridgehead atoms. The Labute approximate surface area is 74.2 Å². The first kappa shape index (κ1) is 9.24. The molecule has 0 spiro atoms. The van der Waals surface area contributed by atoms with E-state index in [0.29, 0.717) is 11.7 Å². The molecule has 1 atom stereocenters. The Morgan fingerprint density at radius 3 is 2.83 bits per heavy atom. The van der Waals surface area contributed by atoms with Crippen molar-refractivity contribution in [3.8, 4) is 0 Å². The smallest absolute Gasteiger partial charge is 0.155 e. The summed E-state index contributed by atoms with van der Waals surface area (Å²) in [5, 5.41) is 0. The van der Waals surface area contributed by atoms with Gasteiger partial charge in [0.05, 0.1) is 0 Å². The predicted molar refractivity (Wildman–Crippen MR) is 50.9 cm³/mol. The maximum atomic E-state index is 10.9. The third kappa shape index (κ3) is 2.33. The van der Waals surface area contributed by atoms with Crippen LogP contribution in [0.15, 0.2) is 23.8 Å². The van der Waals surface area contributed by atoms with Crippen molar-refractivity contribution in [3.05, 3.63) is 23.8 Å². The van der Waals surface area contributed by atoms with Crippen LogP contribution in [0, 0.1) is 5.92 Å². The molecule has 0 heterocycles. The van der Waals surface area contributed by atoms with Crippen LogP contribution >= 0.6 is 0 Å². The molecule has 66 valence electrons. The highest BCUT2D eigenvalue weighted by Gasteiger charge is 2.14. The van der Waals surface area contributed by atoms with Gasteiger partial charge in [-0.2, -0.15) is 0 Å². The van der Waals surface area contributed by atoms with Gasteiger partial charge in [-0.15, -0.1) is 0 Å². The summed E-state index contributed by atoms with van der Waals surface area (Å²) in [5.74, 6) is 0.748. The molecule has 1 heteroatoms. The van der Waals surface area contributed by atoms with Crippen LogP contribution in [-0.2, 0) is 4.79 Å². The highest BCUT2D eigenvalue weighted by molar-refractivity contribution is 5.93. The molecule has 0 aromatic heterocycles. The first-order valence-corrected chi connectivity index (χ1v) is 4.64. The largest absolute Gasteiger partial charge is 0.295 e. The van der Waals surface area contributed by atoms with Gasteiger partial charge in [-0.25, -0.2) is 0 Å². The standard InChI is InChI=1S/C11H16O/c1-3-4-5-9(2)10-6-7-11(12)8-10/h4-5,8-9H,3,6-7H2,1-2H3/b5-4+/t9-/m0/s1. The fourth-order valence-corrected chi connectivity index (χ4v) is 1.44. The Morgan fingerprint density at radius 2 is 2.33 bits per heavy atom. The molecular weight excluding hydrogens is 148 g/mol. The van der Waals surface area contributed by atoms with Gasteiger partial charge in [0.15, 0.2) is 5.78 Å². The van der Waals surface area contributed by atoms with Crippen LogP contribution in [0.4, 0.5) is 0 Å². The molecule has 0 N–H and O–H groups in total. The SMILES string of the molecule is CC/C=C/[C@H](C)C1=CC(=O)CC1. The quantitative estimate of drug-likeness (QED) is 0.586. The molecule has 0 radical (unpaired) electrons. The van der Waals surface area contributed by atoms with E-state index in [-0.39, 0.29) is 0 Å². The highest BCUT2D eigenvalue weighted by atomic mass is 16.1. The van der Waals surface area contributed by atoms with Crippen molar-refractivity contribution < 1.29 is 4.79 Å². The third-order valence-electron chi connectivity index (χ3n) is 2.25. The average Bonchev–Trinajstić information content (AvgIpc) is 2.47. The molecule has 0 saturated carbocycles. The van der Waals surface area contributed by atoms with Crippen molar-refractivity contribution in [2.75, 3.05) is 0 Å². The Morgan fingerprint density at radius 1 is 1.58 bits per heavy atom. The van der Waals surface area contributed by atoms with Crippen molar-refractivity contribution in [2.24, 2.45) is 5.92 Å². The summed E-state index contributed by atoms with van der Waals surface area (Å²) in [7, 11) is 0. The summed E-state index contributed by atoms with van der Waals surface area (Å²) in [6, 6.07) is 0. The molecule has 0 aromatic rings. The minimum absolute atomic E-state index is 0.293. The number of ketones is 1. The lowest BCUT2D eigenvalue weighted by atomic mass is 10.00. The van der Waals surface area contributed by atoms with Gasteiger partial charge in [-0.05, 0) is 24.8 Å². The molecule has 0 amide bonds. The lowest BCUT2D eigenvalue weighted by Gasteiger charge is -2.05. The minimum Gasteiger partial charge on any atom is -0.295 e. The second-order valence-electron chi connectivity index (χ2n) is 3.31. The summed E-state index contributed by atoms with van der Waals surface area (Å²) in [6.45, 7) is 4.27. The van der Waals surface area contributed by atoms with Gasteiger partial charge in [0.25, 0.3) is 0 Å². The molecule has 12 heavy (non-hydrogen) atoms. The molecule has 0 fully saturated rings. The summed E-state index contributed by atoms with van der Waals surface area (Å²) >= 11 is 0. The summed E-state index contributed by atoms with van der Waals surface area (Å²) in [6.07, 6.45) is 8.92. The number of carbonyl (C=O) groups excluding carboxylic acids is 1. The predicted octanol–water partition coefficient (Wildman–Crippen LogP) is 2.88. The number of rotatable bonds is 3. The zero-order valence-electron chi connectivity index (χ0n) is 7.84. The van der Waals surface area contributed by atoms with E-state index in [4.69, 9.17) is 0 Å². The van der Waals surface area contributed by atoms with Crippen molar-refractivity contribution in [1.82, 2.24) is 0 Å². The monoisotopic (exact) mass is 164 g/mol. The maximum absolute atomic E-state index is 10.9. The second kappa shape index (κ2) is 4.24. The van der Waals surface area contributed by atoms with E-state index in [2.05, 4.69) is 26.0 Å². The Balaban J connectivity index is 2.53. The molecule has 0 unspecified atom stereocenters. The first-order chi connectivity index (χ1) is 5.74. The van der Waals surface area contributed by atoms with E-state index in [1.807, 2.05) is 6.08 Å². The van der Waals surface area contributed by atoms with Gasteiger partial charge in [0, 0.05) is 6.42 Å². The van der Waals surface area contributed by atoms with Crippen LogP contribution < -0.4 is 0 Å². The van der Waals surface area contributed by atoms with Crippen molar-refractivity contribution in [3.63, 3.8) is 0 Å². The second-order valence-corrected chi connectivity index (χ2v) is 3.31. The van der Waals surface area contributed by atoms with Gasteiger partial charge in [-0.1, -0.05) is 31.6 Å². The molecule has 1 aliphatic rings. The normalized spacial score (nSPS) is 20.2. The third-order valence-corrected chi connectivity index (χ3v) is 2.25. The Bertz CT molecular complexity index is 223. The molecule has 1 rings (SSSR count). The zero-order valence-corrected chi connectivity index (χ0v) is 7.84.